The Kier molecular flexibility index (Phi) is 20.7. The zero-order chi connectivity index (χ0) is 32.7. The van der Waals surface area contributed by atoms with Crippen molar-refractivity contribution < 1.29 is 9.84 Å². The van der Waals surface area contributed by atoms with Crippen molar-refractivity contribution in [1.82, 2.24) is 0 Å². The zero-order valence-electron chi connectivity index (χ0n) is 29.1. The molecule has 236 valence electrons. The van der Waals surface area contributed by atoms with E-state index in [0.29, 0.717) is 0 Å². The van der Waals surface area contributed by atoms with E-state index in [1.54, 1.807) is 7.11 Å². The maximum Gasteiger partial charge on any atom is 0.0657 e. The van der Waals surface area contributed by atoms with Crippen LogP contribution in [0.15, 0.2) is 143 Å². The number of hydrogen-bond donors (Lipinski definition) is 1. The van der Waals surface area contributed by atoms with Crippen LogP contribution in [0, 0.1) is 0 Å². The lowest BCUT2D eigenvalue weighted by Crippen LogP contribution is -2.20. The van der Waals surface area contributed by atoms with Crippen molar-refractivity contribution >= 4 is 0 Å². The van der Waals surface area contributed by atoms with Gasteiger partial charge in [-0.25, -0.2) is 0 Å². The lowest BCUT2D eigenvalue weighted by molar-refractivity contribution is 0.0255. The molecule has 0 amide bonds. The highest BCUT2D eigenvalue weighted by molar-refractivity contribution is 5.33. The molecule has 0 spiro atoms. The molecular formula is C41H60O2. The minimum absolute atomic E-state index is 0.124. The summed E-state index contributed by atoms with van der Waals surface area (Å²) in [6.07, 6.45) is 41.8. The van der Waals surface area contributed by atoms with Crippen LogP contribution >= 0.6 is 0 Å². The Balaban J connectivity index is 4.74. The number of ether oxygens (including phenoxy) is 1. The van der Waals surface area contributed by atoms with Crippen molar-refractivity contribution in [2.24, 2.45) is 0 Å². The van der Waals surface area contributed by atoms with Crippen LogP contribution in [0.3, 0.4) is 0 Å². The van der Waals surface area contributed by atoms with Crippen LogP contribution in [0.1, 0.15) is 94.9 Å². The third-order valence-corrected chi connectivity index (χ3v) is 6.63. The molecule has 0 aliphatic heterocycles. The first kappa shape index (κ1) is 39.8. The molecule has 0 fully saturated rings. The summed E-state index contributed by atoms with van der Waals surface area (Å²) in [5.41, 5.74) is 6.63. The van der Waals surface area contributed by atoms with Crippen molar-refractivity contribution in [3.05, 3.63) is 143 Å². The van der Waals surface area contributed by atoms with Gasteiger partial charge in [-0.2, -0.15) is 0 Å². The van der Waals surface area contributed by atoms with E-state index in [4.69, 9.17) is 4.74 Å². The Bertz CT molecular complexity index is 1190. The van der Waals surface area contributed by atoms with Crippen molar-refractivity contribution in [3.63, 3.8) is 0 Å². The normalized spacial score (nSPS) is 16.2. The molecule has 0 saturated heterocycles. The van der Waals surface area contributed by atoms with Crippen molar-refractivity contribution in [2.75, 3.05) is 7.11 Å². The van der Waals surface area contributed by atoms with Gasteiger partial charge in [0.05, 0.1) is 11.2 Å². The molecule has 0 aromatic heterocycles. The van der Waals surface area contributed by atoms with Gasteiger partial charge in [-0.05, 0) is 94.9 Å². The van der Waals surface area contributed by atoms with Crippen LogP contribution in [0.4, 0.5) is 0 Å². The molecule has 0 aromatic rings. The molecule has 1 N–H and O–H groups in total. The third-order valence-electron chi connectivity index (χ3n) is 6.63. The lowest BCUT2D eigenvalue weighted by atomic mass is 9.99. The van der Waals surface area contributed by atoms with Gasteiger partial charge < -0.3 is 9.84 Å². The van der Waals surface area contributed by atoms with Gasteiger partial charge in [-0.3, -0.25) is 0 Å². The van der Waals surface area contributed by atoms with Gasteiger partial charge in [-0.1, -0.05) is 143 Å². The molecule has 43 heavy (non-hydrogen) atoms. The van der Waals surface area contributed by atoms with E-state index in [-0.39, 0.29) is 5.60 Å². The molecule has 0 aliphatic carbocycles. The van der Waals surface area contributed by atoms with E-state index in [9.17, 15) is 5.11 Å². The molecule has 0 bridgehead atoms. The van der Waals surface area contributed by atoms with Crippen LogP contribution in [0.2, 0.25) is 0 Å². The Labute approximate surface area is 265 Å². The van der Waals surface area contributed by atoms with Crippen molar-refractivity contribution in [3.8, 4) is 0 Å². The standard InChI is InChI=1S/C41H60O2/c1-34(22-14-24-36(3)26-16-28-38(5)30-18-32-40(7,8)42)20-12-13-21-35(2)23-15-25-37(4)27-17-29-39(6)31-19-33-41(9,10)43-11/h12-17,19-29,31,42H,18,30,32-33H2,1-11H3/b13-12+,22-14+,23-15+,26-16+,27-17+,31-19?,34-20+,35-21+,36-24+,37-25+,38-28+,39-29+. The maximum atomic E-state index is 9.82. The maximum absolute atomic E-state index is 9.82. The quantitative estimate of drug-likeness (QED) is 0.162. The topological polar surface area (TPSA) is 29.5 Å². The van der Waals surface area contributed by atoms with E-state index >= 15 is 0 Å². The second kappa shape index (κ2) is 22.4. The number of aliphatic hydroxyl groups is 1. The first-order valence-electron chi connectivity index (χ1n) is 15.5. The molecule has 0 atom stereocenters. The van der Waals surface area contributed by atoms with Crippen molar-refractivity contribution in [2.45, 2.75) is 106 Å². The van der Waals surface area contributed by atoms with Crippen LogP contribution in [0.25, 0.3) is 0 Å². The Hall–Kier alpha value is -3.20. The highest BCUT2D eigenvalue weighted by Gasteiger charge is 2.13. The minimum atomic E-state index is -0.578. The summed E-state index contributed by atoms with van der Waals surface area (Å²) in [5, 5.41) is 9.82. The Morgan fingerprint density at radius 3 is 1.33 bits per heavy atom. The van der Waals surface area contributed by atoms with E-state index < -0.39 is 5.60 Å². The fourth-order valence-electron chi connectivity index (χ4n) is 3.61. The van der Waals surface area contributed by atoms with E-state index in [1.165, 1.54) is 33.4 Å². The number of methoxy groups -OCH3 is 1. The van der Waals surface area contributed by atoms with Crippen molar-refractivity contribution in [1.29, 1.82) is 0 Å². The third kappa shape index (κ3) is 26.2. The van der Waals surface area contributed by atoms with Gasteiger partial charge in [0.15, 0.2) is 0 Å². The minimum Gasteiger partial charge on any atom is -0.390 e. The molecule has 2 heteroatoms. The Morgan fingerprint density at radius 2 is 0.930 bits per heavy atom. The smallest absolute Gasteiger partial charge is 0.0657 e. The molecule has 0 rings (SSSR count). The second-order valence-electron chi connectivity index (χ2n) is 12.6. The molecular weight excluding hydrogens is 524 g/mol. The summed E-state index contributed by atoms with van der Waals surface area (Å²) in [7, 11) is 1.75. The summed E-state index contributed by atoms with van der Waals surface area (Å²) in [6, 6.07) is 0. The average molecular weight is 585 g/mol. The molecule has 0 heterocycles. The molecule has 2 nitrogen and oxygen atoms in total. The summed E-state index contributed by atoms with van der Waals surface area (Å²) in [5.74, 6) is 0. The highest BCUT2D eigenvalue weighted by Crippen LogP contribution is 2.16. The SMILES string of the molecule is COC(C)(C)CC=C/C(C)=C/C=C/C(C)=C/C=C/C(C)=C/C=C/C=C(C)/C=C/C=C(C)/C=C/C=C(\C)CCCC(C)(C)O. The summed E-state index contributed by atoms with van der Waals surface area (Å²) in [6.45, 7) is 20.6. The van der Waals surface area contributed by atoms with E-state index in [1.807, 2.05) is 13.8 Å². The Morgan fingerprint density at radius 1 is 0.558 bits per heavy atom. The highest BCUT2D eigenvalue weighted by atomic mass is 16.5. The number of allylic oxidation sites excluding steroid dienone is 23. The number of hydrogen-bond acceptors (Lipinski definition) is 2. The fraction of sp³-hybridized carbons (Fsp3) is 0.415. The molecule has 0 unspecified atom stereocenters. The van der Waals surface area contributed by atoms with E-state index in [0.717, 1.165) is 25.7 Å². The van der Waals surface area contributed by atoms with Gasteiger partial charge in [0.25, 0.3) is 0 Å². The monoisotopic (exact) mass is 584 g/mol. The van der Waals surface area contributed by atoms with Crippen LogP contribution < -0.4 is 0 Å². The largest absolute Gasteiger partial charge is 0.390 e. The first-order chi connectivity index (χ1) is 20.1. The zero-order valence-corrected chi connectivity index (χ0v) is 29.1. The van der Waals surface area contributed by atoms with Crippen LogP contribution in [0.5, 0.6) is 0 Å². The molecule has 0 aliphatic rings. The van der Waals surface area contributed by atoms with Crippen LogP contribution in [-0.4, -0.2) is 23.4 Å². The van der Waals surface area contributed by atoms with Gasteiger partial charge in [0.2, 0.25) is 0 Å². The predicted octanol–water partition coefficient (Wildman–Crippen LogP) is 11.8. The first-order valence-corrected chi connectivity index (χ1v) is 15.5. The van der Waals surface area contributed by atoms with Crippen LogP contribution in [-0.2, 0) is 4.74 Å². The summed E-state index contributed by atoms with van der Waals surface area (Å²) < 4.78 is 5.45. The van der Waals surface area contributed by atoms with Gasteiger partial charge in [0, 0.05) is 7.11 Å². The number of rotatable bonds is 18. The van der Waals surface area contributed by atoms with Gasteiger partial charge in [0.1, 0.15) is 0 Å². The lowest BCUT2D eigenvalue weighted by Gasteiger charge is -2.20. The molecule has 0 radical (unpaired) electrons. The van der Waals surface area contributed by atoms with Gasteiger partial charge >= 0.3 is 0 Å². The predicted molar refractivity (Wildman–Crippen MR) is 193 cm³/mol. The molecule has 0 saturated carbocycles. The fourth-order valence-corrected chi connectivity index (χ4v) is 3.61. The summed E-state index contributed by atoms with van der Waals surface area (Å²) in [4.78, 5) is 0. The summed E-state index contributed by atoms with van der Waals surface area (Å²) >= 11 is 0. The molecule has 0 aromatic carbocycles. The second-order valence-corrected chi connectivity index (χ2v) is 12.6. The van der Waals surface area contributed by atoms with E-state index in [2.05, 4.69) is 165 Å². The average Bonchev–Trinajstić information content (AvgIpc) is 2.90. The van der Waals surface area contributed by atoms with Gasteiger partial charge in [-0.15, -0.1) is 0 Å².